The lowest BCUT2D eigenvalue weighted by atomic mass is 9.83. The molecule has 0 saturated heterocycles. The van der Waals surface area contributed by atoms with E-state index in [0.29, 0.717) is 12.5 Å². The molecule has 4 nitrogen and oxygen atoms in total. The minimum Gasteiger partial charge on any atom is -0.394 e. The van der Waals surface area contributed by atoms with Crippen LogP contribution in [0.5, 0.6) is 0 Å². The van der Waals surface area contributed by atoms with Crippen LogP contribution in [0.25, 0.3) is 0 Å². The Morgan fingerprint density at radius 2 is 2.38 bits per heavy atom. The SMILES string of the molecule is O=c1cc(C2CCC2)[nH]n1CCO. The van der Waals surface area contributed by atoms with Crippen LogP contribution in [-0.2, 0) is 6.54 Å². The lowest BCUT2D eigenvalue weighted by Gasteiger charge is -2.23. The summed E-state index contributed by atoms with van der Waals surface area (Å²) in [5.41, 5.74) is 1.00. The zero-order chi connectivity index (χ0) is 9.26. The fourth-order valence-electron chi connectivity index (χ4n) is 1.65. The smallest absolute Gasteiger partial charge is 0.266 e. The molecule has 0 amide bonds. The third kappa shape index (κ3) is 1.54. The van der Waals surface area contributed by atoms with Crippen LogP contribution < -0.4 is 5.56 Å². The van der Waals surface area contributed by atoms with E-state index >= 15 is 0 Å². The third-order valence-electron chi connectivity index (χ3n) is 2.68. The number of hydrogen-bond acceptors (Lipinski definition) is 2. The third-order valence-corrected chi connectivity index (χ3v) is 2.68. The van der Waals surface area contributed by atoms with Crippen LogP contribution in [0.3, 0.4) is 0 Å². The Morgan fingerprint density at radius 1 is 1.62 bits per heavy atom. The van der Waals surface area contributed by atoms with Crippen molar-refractivity contribution in [2.24, 2.45) is 0 Å². The number of H-pyrrole nitrogens is 1. The van der Waals surface area contributed by atoms with E-state index in [0.717, 1.165) is 5.69 Å². The number of aromatic amines is 1. The summed E-state index contributed by atoms with van der Waals surface area (Å²) in [5, 5.41) is 11.7. The van der Waals surface area contributed by atoms with Crippen LogP contribution in [0.1, 0.15) is 30.9 Å². The number of rotatable bonds is 3. The van der Waals surface area contributed by atoms with E-state index < -0.39 is 0 Å². The highest BCUT2D eigenvalue weighted by Crippen LogP contribution is 2.34. The molecule has 4 heteroatoms. The molecule has 1 fully saturated rings. The zero-order valence-corrected chi connectivity index (χ0v) is 7.49. The summed E-state index contributed by atoms with van der Waals surface area (Å²) >= 11 is 0. The summed E-state index contributed by atoms with van der Waals surface area (Å²) in [6.07, 6.45) is 3.62. The highest BCUT2D eigenvalue weighted by Gasteiger charge is 2.21. The molecule has 2 N–H and O–H groups in total. The van der Waals surface area contributed by atoms with Gasteiger partial charge in [-0.25, -0.2) is 0 Å². The topological polar surface area (TPSA) is 58.0 Å². The Balaban J connectivity index is 2.18. The maximum Gasteiger partial charge on any atom is 0.266 e. The second-order valence-corrected chi connectivity index (χ2v) is 3.55. The van der Waals surface area contributed by atoms with Crippen molar-refractivity contribution >= 4 is 0 Å². The Labute approximate surface area is 76.2 Å². The molecule has 0 aliphatic heterocycles. The van der Waals surface area contributed by atoms with Crippen molar-refractivity contribution < 1.29 is 5.11 Å². The van der Waals surface area contributed by atoms with Gasteiger partial charge in [0.1, 0.15) is 0 Å². The predicted molar refractivity (Wildman–Crippen MR) is 48.7 cm³/mol. The van der Waals surface area contributed by atoms with Crippen molar-refractivity contribution in [3.63, 3.8) is 0 Å². The standard InChI is InChI=1S/C9H14N2O2/c12-5-4-11-9(13)6-8(10-11)7-2-1-3-7/h6-7,10,12H,1-5H2. The molecule has 0 unspecified atom stereocenters. The summed E-state index contributed by atoms with van der Waals surface area (Å²) in [6.45, 7) is 0.371. The van der Waals surface area contributed by atoms with E-state index in [1.165, 1.54) is 23.9 Å². The zero-order valence-electron chi connectivity index (χ0n) is 7.49. The first kappa shape index (κ1) is 8.56. The molecule has 0 atom stereocenters. The van der Waals surface area contributed by atoms with E-state index in [1.54, 1.807) is 6.07 Å². The Bertz CT molecular complexity index is 336. The van der Waals surface area contributed by atoms with Gasteiger partial charge >= 0.3 is 0 Å². The number of aromatic nitrogens is 2. The average Bonchev–Trinajstić information content (AvgIpc) is 2.30. The number of nitrogens with one attached hydrogen (secondary N) is 1. The van der Waals surface area contributed by atoms with Gasteiger partial charge in [-0.15, -0.1) is 0 Å². The molecule has 1 aromatic rings. The minimum atomic E-state index is -0.0315. The first-order chi connectivity index (χ1) is 6.31. The lowest BCUT2D eigenvalue weighted by molar-refractivity contribution is 0.266. The van der Waals surface area contributed by atoms with Gasteiger partial charge in [0, 0.05) is 17.7 Å². The predicted octanol–water partition coefficient (Wildman–Crippen LogP) is 0.436. The van der Waals surface area contributed by atoms with Crippen molar-refractivity contribution in [3.05, 3.63) is 22.1 Å². The lowest BCUT2D eigenvalue weighted by Crippen LogP contribution is -2.17. The number of hydrogen-bond donors (Lipinski definition) is 2. The van der Waals surface area contributed by atoms with Gasteiger partial charge in [0.25, 0.3) is 5.56 Å². The van der Waals surface area contributed by atoms with Crippen molar-refractivity contribution in [2.75, 3.05) is 6.61 Å². The number of aliphatic hydroxyl groups is 1. The average molecular weight is 182 g/mol. The molecule has 1 saturated carbocycles. The number of nitrogens with zero attached hydrogens (tertiary/aromatic N) is 1. The molecule has 13 heavy (non-hydrogen) atoms. The summed E-state index contributed by atoms with van der Waals surface area (Å²) < 4.78 is 1.47. The van der Waals surface area contributed by atoms with Gasteiger partial charge in [0.05, 0.1) is 13.2 Å². The van der Waals surface area contributed by atoms with Gasteiger partial charge in [-0.2, -0.15) is 0 Å². The van der Waals surface area contributed by atoms with Gasteiger partial charge in [-0.05, 0) is 12.8 Å². The first-order valence-corrected chi connectivity index (χ1v) is 4.72. The van der Waals surface area contributed by atoms with Crippen LogP contribution >= 0.6 is 0 Å². The highest BCUT2D eigenvalue weighted by atomic mass is 16.3. The molecule has 1 aromatic heterocycles. The van der Waals surface area contributed by atoms with Crippen molar-refractivity contribution in [1.29, 1.82) is 0 Å². The largest absolute Gasteiger partial charge is 0.394 e. The molecule has 2 rings (SSSR count). The summed E-state index contributed by atoms with van der Waals surface area (Å²) in [5.74, 6) is 0.549. The fourth-order valence-corrected chi connectivity index (χ4v) is 1.65. The normalized spacial score (nSPS) is 17.3. The molecule has 0 aromatic carbocycles. The van der Waals surface area contributed by atoms with Gasteiger partial charge in [-0.3, -0.25) is 14.6 Å². The molecule has 1 heterocycles. The van der Waals surface area contributed by atoms with Crippen LogP contribution in [0.4, 0.5) is 0 Å². The van der Waals surface area contributed by atoms with E-state index in [1.807, 2.05) is 0 Å². The minimum absolute atomic E-state index is 0.00449. The first-order valence-electron chi connectivity index (χ1n) is 4.72. The number of aliphatic hydroxyl groups excluding tert-OH is 1. The second-order valence-electron chi connectivity index (χ2n) is 3.55. The van der Waals surface area contributed by atoms with Crippen LogP contribution in [0, 0.1) is 0 Å². The van der Waals surface area contributed by atoms with Gasteiger partial charge in [0.2, 0.25) is 0 Å². The molecular weight excluding hydrogens is 168 g/mol. The van der Waals surface area contributed by atoms with Crippen LogP contribution in [0.15, 0.2) is 10.9 Å². The molecule has 0 radical (unpaired) electrons. The highest BCUT2D eigenvalue weighted by molar-refractivity contribution is 5.09. The van der Waals surface area contributed by atoms with Gasteiger partial charge in [0.15, 0.2) is 0 Å². The van der Waals surface area contributed by atoms with Crippen LogP contribution in [-0.4, -0.2) is 21.5 Å². The Kier molecular flexibility index (Phi) is 2.22. The molecular formula is C9H14N2O2. The quantitative estimate of drug-likeness (QED) is 0.712. The van der Waals surface area contributed by atoms with Crippen molar-refractivity contribution in [2.45, 2.75) is 31.7 Å². The van der Waals surface area contributed by atoms with E-state index in [9.17, 15) is 4.79 Å². The maximum atomic E-state index is 11.3. The molecule has 1 aliphatic carbocycles. The monoisotopic (exact) mass is 182 g/mol. The fraction of sp³-hybridized carbons (Fsp3) is 0.667. The Hall–Kier alpha value is -1.03. The van der Waals surface area contributed by atoms with E-state index in [-0.39, 0.29) is 12.2 Å². The molecule has 0 bridgehead atoms. The Morgan fingerprint density at radius 3 is 2.92 bits per heavy atom. The van der Waals surface area contributed by atoms with Crippen molar-refractivity contribution in [1.82, 2.24) is 9.78 Å². The van der Waals surface area contributed by atoms with Crippen LogP contribution in [0.2, 0.25) is 0 Å². The van der Waals surface area contributed by atoms with E-state index in [4.69, 9.17) is 5.11 Å². The molecule has 0 spiro atoms. The summed E-state index contributed by atoms with van der Waals surface area (Å²) in [6, 6.07) is 1.65. The van der Waals surface area contributed by atoms with Gasteiger partial charge in [-0.1, -0.05) is 6.42 Å². The van der Waals surface area contributed by atoms with E-state index in [2.05, 4.69) is 5.10 Å². The summed E-state index contributed by atoms with van der Waals surface area (Å²) in [7, 11) is 0. The molecule has 72 valence electrons. The second kappa shape index (κ2) is 3.38. The van der Waals surface area contributed by atoms with Gasteiger partial charge < -0.3 is 5.11 Å². The van der Waals surface area contributed by atoms with Crippen molar-refractivity contribution in [3.8, 4) is 0 Å². The molecule has 1 aliphatic rings. The maximum absolute atomic E-state index is 11.3. The summed E-state index contributed by atoms with van der Waals surface area (Å²) in [4.78, 5) is 11.3.